The third kappa shape index (κ3) is 3.40. The molecule has 0 N–H and O–H groups in total. The molecule has 4 rings (SSSR count). The van der Waals surface area contributed by atoms with Crippen LogP contribution in [0, 0.1) is 6.92 Å². The van der Waals surface area contributed by atoms with Crippen LogP contribution in [0.1, 0.15) is 21.7 Å². The zero-order valence-electron chi connectivity index (χ0n) is 14.8. The summed E-state index contributed by atoms with van der Waals surface area (Å²) in [5, 5.41) is 2.18. The second kappa shape index (κ2) is 7.25. The molecule has 2 aromatic heterocycles. The fraction of sp³-hybridized carbons (Fsp3) is 0.143. The van der Waals surface area contributed by atoms with Gasteiger partial charge in [-0.1, -0.05) is 35.9 Å². The van der Waals surface area contributed by atoms with Crippen LogP contribution in [-0.4, -0.2) is 17.2 Å². The number of carbonyl (C=O) groups is 1. The minimum Gasteiger partial charge on any atom is -0.455 e. The van der Waals surface area contributed by atoms with Gasteiger partial charge in [0.1, 0.15) is 17.3 Å². The predicted molar refractivity (Wildman–Crippen MR) is 109 cm³/mol. The number of fused-ring (bicyclic) bond motifs is 2. The monoisotopic (exact) mass is 397 g/mol. The van der Waals surface area contributed by atoms with Crippen LogP contribution in [0.2, 0.25) is 5.15 Å². The van der Waals surface area contributed by atoms with Gasteiger partial charge in [0.25, 0.3) is 0 Å². The summed E-state index contributed by atoms with van der Waals surface area (Å²) in [6, 6.07) is 15.4. The summed E-state index contributed by atoms with van der Waals surface area (Å²) in [4.78, 5) is 18.0. The van der Waals surface area contributed by atoms with Crippen molar-refractivity contribution in [2.75, 3.05) is 6.26 Å². The molecule has 0 aliphatic heterocycles. The maximum absolute atomic E-state index is 12.5. The second-order valence-electron chi connectivity index (χ2n) is 6.13. The summed E-state index contributed by atoms with van der Waals surface area (Å²) in [5.74, 6) is -0.303. The maximum Gasteiger partial charge on any atom is 0.374 e. The van der Waals surface area contributed by atoms with Gasteiger partial charge in [0.15, 0.2) is 0 Å². The van der Waals surface area contributed by atoms with E-state index in [1.165, 1.54) is 0 Å². The van der Waals surface area contributed by atoms with E-state index in [1.54, 1.807) is 11.8 Å². The standard InChI is InChI=1S/C21H16ClNO3S/c1-12-16-5-3-4-6-18(16)26-19(12)21(24)25-11-14-9-13-7-8-15(27-2)10-17(13)23-20(14)22/h3-10H,11H2,1-2H3. The average Bonchev–Trinajstić information content (AvgIpc) is 3.02. The molecule has 0 saturated carbocycles. The fourth-order valence-corrected chi connectivity index (χ4v) is 3.61. The number of aryl methyl sites for hydroxylation is 1. The Hall–Kier alpha value is -2.50. The van der Waals surface area contributed by atoms with Gasteiger partial charge in [-0.25, -0.2) is 9.78 Å². The molecule has 2 heterocycles. The average molecular weight is 398 g/mol. The lowest BCUT2D eigenvalue weighted by Crippen LogP contribution is -2.06. The summed E-state index contributed by atoms with van der Waals surface area (Å²) in [6.45, 7) is 1.87. The highest BCUT2D eigenvalue weighted by atomic mass is 35.5. The third-order valence-electron chi connectivity index (χ3n) is 4.44. The lowest BCUT2D eigenvalue weighted by atomic mass is 10.1. The molecule has 6 heteroatoms. The van der Waals surface area contributed by atoms with E-state index in [0.717, 1.165) is 26.7 Å². The zero-order valence-corrected chi connectivity index (χ0v) is 16.4. The number of pyridine rings is 1. The molecule has 27 heavy (non-hydrogen) atoms. The zero-order chi connectivity index (χ0) is 19.0. The topological polar surface area (TPSA) is 52.3 Å². The van der Waals surface area contributed by atoms with Gasteiger partial charge in [-0.15, -0.1) is 11.8 Å². The van der Waals surface area contributed by atoms with Crippen molar-refractivity contribution in [2.45, 2.75) is 18.4 Å². The van der Waals surface area contributed by atoms with Crippen LogP contribution in [-0.2, 0) is 11.3 Å². The minimum atomic E-state index is -0.516. The Morgan fingerprint density at radius 3 is 2.81 bits per heavy atom. The summed E-state index contributed by atoms with van der Waals surface area (Å²) < 4.78 is 11.1. The number of hydrogen-bond donors (Lipinski definition) is 0. The van der Waals surface area contributed by atoms with E-state index < -0.39 is 5.97 Å². The Balaban J connectivity index is 1.58. The molecular formula is C21H16ClNO3S. The smallest absolute Gasteiger partial charge is 0.374 e. The number of furan rings is 1. The molecule has 0 atom stereocenters. The van der Waals surface area contributed by atoms with Crippen LogP contribution in [0.15, 0.2) is 57.8 Å². The molecule has 4 nitrogen and oxygen atoms in total. The number of nitrogens with zero attached hydrogens (tertiary/aromatic N) is 1. The summed E-state index contributed by atoms with van der Waals surface area (Å²) >= 11 is 7.94. The van der Waals surface area contributed by atoms with E-state index in [4.69, 9.17) is 20.8 Å². The highest BCUT2D eigenvalue weighted by Crippen LogP contribution is 2.27. The van der Waals surface area contributed by atoms with Crippen molar-refractivity contribution in [1.82, 2.24) is 4.98 Å². The van der Waals surface area contributed by atoms with Gasteiger partial charge in [-0.05, 0) is 37.4 Å². The highest BCUT2D eigenvalue weighted by Gasteiger charge is 2.19. The van der Waals surface area contributed by atoms with Crippen molar-refractivity contribution in [1.29, 1.82) is 0 Å². The Morgan fingerprint density at radius 1 is 1.22 bits per heavy atom. The van der Waals surface area contributed by atoms with Crippen LogP contribution < -0.4 is 0 Å². The lowest BCUT2D eigenvalue weighted by molar-refractivity contribution is 0.0437. The third-order valence-corrected chi connectivity index (χ3v) is 5.49. The molecule has 4 aromatic rings. The number of halogens is 1. The van der Waals surface area contributed by atoms with Gasteiger partial charge >= 0.3 is 5.97 Å². The van der Waals surface area contributed by atoms with Crippen molar-refractivity contribution in [3.8, 4) is 0 Å². The van der Waals surface area contributed by atoms with Crippen molar-refractivity contribution >= 4 is 51.2 Å². The number of benzene rings is 2. The molecule has 2 aromatic carbocycles. The van der Waals surface area contributed by atoms with Gasteiger partial charge in [0, 0.05) is 26.8 Å². The molecule has 0 unspecified atom stereocenters. The number of aromatic nitrogens is 1. The number of hydrogen-bond acceptors (Lipinski definition) is 5. The molecule has 0 bridgehead atoms. The van der Waals surface area contributed by atoms with Crippen molar-refractivity contribution in [3.05, 3.63) is 70.6 Å². The SMILES string of the molecule is CSc1ccc2cc(COC(=O)c3oc4ccccc4c3C)c(Cl)nc2c1. The van der Waals surface area contributed by atoms with Crippen molar-refractivity contribution < 1.29 is 13.9 Å². The van der Waals surface area contributed by atoms with E-state index in [-0.39, 0.29) is 12.4 Å². The van der Waals surface area contributed by atoms with E-state index in [1.807, 2.05) is 61.7 Å². The van der Waals surface area contributed by atoms with E-state index in [2.05, 4.69) is 4.98 Å². The molecule has 0 spiro atoms. The molecule has 0 saturated heterocycles. The Labute approximate surface area is 165 Å². The highest BCUT2D eigenvalue weighted by molar-refractivity contribution is 7.98. The molecule has 136 valence electrons. The van der Waals surface area contributed by atoms with Crippen LogP contribution in [0.3, 0.4) is 0 Å². The first-order valence-corrected chi connectivity index (χ1v) is 9.95. The molecule has 0 fully saturated rings. The van der Waals surface area contributed by atoms with Crippen LogP contribution >= 0.6 is 23.4 Å². The maximum atomic E-state index is 12.5. The van der Waals surface area contributed by atoms with Crippen molar-refractivity contribution in [2.24, 2.45) is 0 Å². The van der Waals surface area contributed by atoms with Gasteiger partial charge in [0.2, 0.25) is 5.76 Å². The molecule has 0 radical (unpaired) electrons. The Kier molecular flexibility index (Phi) is 4.81. The Morgan fingerprint density at radius 2 is 2.04 bits per heavy atom. The largest absolute Gasteiger partial charge is 0.455 e. The lowest BCUT2D eigenvalue weighted by Gasteiger charge is -2.08. The predicted octanol–water partition coefficient (Wildman–Crippen LogP) is 6.02. The van der Waals surface area contributed by atoms with Gasteiger partial charge in [0.05, 0.1) is 5.52 Å². The van der Waals surface area contributed by atoms with E-state index in [9.17, 15) is 4.79 Å². The van der Waals surface area contributed by atoms with Gasteiger partial charge in [-0.3, -0.25) is 0 Å². The summed E-state index contributed by atoms with van der Waals surface area (Å²) in [7, 11) is 0. The van der Waals surface area contributed by atoms with E-state index in [0.29, 0.717) is 16.3 Å². The fourth-order valence-electron chi connectivity index (χ4n) is 2.97. The van der Waals surface area contributed by atoms with Crippen molar-refractivity contribution in [3.63, 3.8) is 0 Å². The quantitative estimate of drug-likeness (QED) is 0.239. The minimum absolute atomic E-state index is 0.0291. The summed E-state index contributed by atoms with van der Waals surface area (Å²) in [5.41, 5.74) is 2.90. The first-order chi connectivity index (χ1) is 13.1. The van der Waals surface area contributed by atoms with E-state index >= 15 is 0 Å². The summed E-state index contributed by atoms with van der Waals surface area (Å²) in [6.07, 6.45) is 2.01. The Bertz CT molecular complexity index is 1170. The molecule has 0 aliphatic rings. The van der Waals surface area contributed by atoms with Gasteiger partial charge < -0.3 is 9.15 Å². The van der Waals surface area contributed by atoms with Gasteiger partial charge in [-0.2, -0.15) is 0 Å². The number of para-hydroxylation sites is 1. The second-order valence-corrected chi connectivity index (χ2v) is 7.36. The molecule has 0 aliphatic carbocycles. The van der Waals surface area contributed by atoms with Crippen LogP contribution in [0.4, 0.5) is 0 Å². The first kappa shape index (κ1) is 17.9. The normalized spacial score (nSPS) is 11.2. The number of carbonyl (C=O) groups excluding carboxylic acids is 1. The molecule has 0 amide bonds. The molecular weight excluding hydrogens is 382 g/mol. The number of rotatable bonds is 4. The van der Waals surface area contributed by atoms with Crippen LogP contribution in [0.25, 0.3) is 21.9 Å². The first-order valence-electron chi connectivity index (χ1n) is 8.35. The van der Waals surface area contributed by atoms with Crippen LogP contribution in [0.5, 0.6) is 0 Å². The number of thioether (sulfide) groups is 1. The number of ether oxygens (including phenoxy) is 1. The number of esters is 1.